The Morgan fingerprint density at radius 3 is 2.84 bits per heavy atom. The molecule has 104 valence electrons. The maximum Gasteiger partial charge on any atom is 0.293 e. The highest BCUT2D eigenvalue weighted by Gasteiger charge is 2.28. The summed E-state index contributed by atoms with van der Waals surface area (Å²) in [5.74, 6) is 0.542. The first kappa shape index (κ1) is 13.0. The van der Waals surface area contributed by atoms with Crippen molar-refractivity contribution in [1.29, 1.82) is 0 Å². The quantitative estimate of drug-likeness (QED) is 0.920. The van der Waals surface area contributed by atoms with Crippen LogP contribution in [0.2, 0.25) is 0 Å². The Bertz CT molecular complexity index is 498. The number of hydrogen-bond acceptors (Lipinski definition) is 4. The van der Waals surface area contributed by atoms with Crippen LogP contribution < -0.4 is 10.9 Å². The summed E-state index contributed by atoms with van der Waals surface area (Å²) in [5.41, 5.74) is 0.0513. The van der Waals surface area contributed by atoms with Crippen molar-refractivity contribution in [2.75, 3.05) is 11.6 Å². The number of aromatic nitrogens is 2. The molecular weight excluding hydrogens is 258 g/mol. The number of nitrogens with one attached hydrogen (secondary N) is 1. The molecule has 3 rings (SSSR count). The number of anilines is 1. The molecule has 4 nitrogen and oxygen atoms in total. The van der Waals surface area contributed by atoms with E-state index in [0.29, 0.717) is 23.2 Å². The van der Waals surface area contributed by atoms with E-state index in [4.69, 9.17) is 0 Å². The fourth-order valence-electron chi connectivity index (χ4n) is 2.88. The molecule has 0 aromatic carbocycles. The molecule has 1 aromatic heterocycles. The second-order valence-corrected chi connectivity index (χ2v) is 6.61. The topological polar surface area (TPSA) is 46.9 Å². The molecule has 1 N–H and O–H groups in total. The molecule has 2 saturated carbocycles. The van der Waals surface area contributed by atoms with Crippen LogP contribution in [0, 0.1) is 0 Å². The molecule has 1 aromatic rings. The van der Waals surface area contributed by atoms with Crippen LogP contribution in [0.25, 0.3) is 0 Å². The van der Waals surface area contributed by atoms with Gasteiger partial charge >= 0.3 is 0 Å². The van der Waals surface area contributed by atoms with Gasteiger partial charge in [0, 0.05) is 29.7 Å². The first-order chi connectivity index (χ1) is 9.29. The average Bonchev–Trinajstić information content (AvgIpc) is 3.26. The lowest BCUT2D eigenvalue weighted by atomic mass is 9.95. The third-order valence-corrected chi connectivity index (χ3v) is 5.31. The van der Waals surface area contributed by atoms with Crippen molar-refractivity contribution in [3.8, 4) is 0 Å². The van der Waals surface area contributed by atoms with Gasteiger partial charge in [-0.3, -0.25) is 4.79 Å². The summed E-state index contributed by atoms with van der Waals surface area (Å²) in [6.07, 6.45) is 12.9. The first-order valence-electron chi connectivity index (χ1n) is 7.16. The van der Waals surface area contributed by atoms with E-state index < -0.39 is 0 Å². The normalized spacial score (nSPS) is 27.2. The summed E-state index contributed by atoms with van der Waals surface area (Å²) < 4.78 is 1.84. The van der Waals surface area contributed by atoms with E-state index in [1.165, 1.54) is 19.3 Å². The van der Waals surface area contributed by atoms with Crippen LogP contribution in [0.4, 0.5) is 5.82 Å². The molecule has 2 aliphatic rings. The van der Waals surface area contributed by atoms with Gasteiger partial charge in [-0.15, -0.1) is 0 Å². The maximum absolute atomic E-state index is 12.4. The Labute approximate surface area is 118 Å². The summed E-state index contributed by atoms with van der Waals surface area (Å²) in [4.78, 5) is 16.6. The number of rotatable bonds is 4. The highest BCUT2D eigenvalue weighted by atomic mass is 32.2. The monoisotopic (exact) mass is 279 g/mol. The zero-order chi connectivity index (χ0) is 13.2. The molecule has 0 aliphatic heterocycles. The number of hydrogen-bond donors (Lipinski definition) is 1. The van der Waals surface area contributed by atoms with E-state index in [2.05, 4.69) is 16.6 Å². The van der Waals surface area contributed by atoms with Crippen LogP contribution in [0.5, 0.6) is 0 Å². The number of thioether (sulfide) groups is 1. The van der Waals surface area contributed by atoms with Crippen molar-refractivity contribution in [1.82, 2.24) is 9.55 Å². The van der Waals surface area contributed by atoms with Crippen molar-refractivity contribution in [3.05, 3.63) is 22.7 Å². The summed E-state index contributed by atoms with van der Waals surface area (Å²) in [6.45, 7) is 0. The Balaban J connectivity index is 1.78. The van der Waals surface area contributed by atoms with Gasteiger partial charge in [0.2, 0.25) is 0 Å². The van der Waals surface area contributed by atoms with Gasteiger partial charge in [0.1, 0.15) is 0 Å². The maximum atomic E-state index is 12.4. The Morgan fingerprint density at radius 2 is 2.11 bits per heavy atom. The highest BCUT2D eigenvalue weighted by molar-refractivity contribution is 7.99. The van der Waals surface area contributed by atoms with Crippen LogP contribution in [-0.4, -0.2) is 27.1 Å². The molecule has 2 aliphatic carbocycles. The molecule has 5 heteroatoms. The minimum absolute atomic E-state index is 0.0513. The molecule has 0 amide bonds. The Hall–Kier alpha value is -0.970. The molecule has 2 unspecified atom stereocenters. The fourth-order valence-corrected chi connectivity index (χ4v) is 3.82. The summed E-state index contributed by atoms with van der Waals surface area (Å²) in [6, 6.07) is 0.803. The van der Waals surface area contributed by atoms with Crippen LogP contribution in [0.3, 0.4) is 0 Å². The minimum Gasteiger partial charge on any atom is -0.362 e. The van der Waals surface area contributed by atoms with Crippen molar-refractivity contribution in [3.63, 3.8) is 0 Å². The second kappa shape index (κ2) is 5.57. The fraction of sp³-hybridized carbons (Fsp3) is 0.714. The summed E-state index contributed by atoms with van der Waals surface area (Å²) >= 11 is 1.90. The smallest absolute Gasteiger partial charge is 0.293 e. The zero-order valence-electron chi connectivity index (χ0n) is 11.3. The molecule has 0 saturated heterocycles. The van der Waals surface area contributed by atoms with E-state index in [-0.39, 0.29) is 5.56 Å². The van der Waals surface area contributed by atoms with Crippen molar-refractivity contribution in [2.24, 2.45) is 0 Å². The summed E-state index contributed by atoms with van der Waals surface area (Å²) in [7, 11) is 0. The minimum atomic E-state index is 0.0513. The van der Waals surface area contributed by atoms with Crippen molar-refractivity contribution >= 4 is 17.6 Å². The van der Waals surface area contributed by atoms with Gasteiger partial charge in [-0.05, 0) is 31.9 Å². The van der Waals surface area contributed by atoms with Gasteiger partial charge < -0.3 is 9.88 Å². The van der Waals surface area contributed by atoms with Gasteiger partial charge in [-0.1, -0.05) is 12.8 Å². The first-order valence-corrected chi connectivity index (χ1v) is 8.45. The molecule has 1 heterocycles. The predicted octanol–water partition coefficient (Wildman–Crippen LogP) is 2.66. The van der Waals surface area contributed by atoms with Gasteiger partial charge in [0.15, 0.2) is 5.82 Å². The molecule has 0 bridgehead atoms. The third kappa shape index (κ3) is 2.81. The van der Waals surface area contributed by atoms with Gasteiger partial charge in [-0.2, -0.15) is 11.8 Å². The largest absolute Gasteiger partial charge is 0.362 e. The molecule has 19 heavy (non-hydrogen) atoms. The highest BCUT2D eigenvalue weighted by Crippen LogP contribution is 2.33. The predicted molar refractivity (Wildman–Crippen MR) is 79.9 cm³/mol. The van der Waals surface area contributed by atoms with E-state index in [1.807, 2.05) is 22.5 Å². The lowest BCUT2D eigenvalue weighted by molar-refractivity contribution is 0.473. The average molecular weight is 279 g/mol. The third-order valence-electron chi connectivity index (χ3n) is 4.14. The number of nitrogens with zero attached hydrogens (tertiary/aromatic N) is 2. The SMILES string of the molecule is CSC1CCCCC1Nc1nccn(C2CC2)c1=O. The Kier molecular flexibility index (Phi) is 3.82. The van der Waals surface area contributed by atoms with Gasteiger partial charge in [0.25, 0.3) is 5.56 Å². The molecule has 2 fully saturated rings. The molecule has 2 atom stereocenters. The molecule has 0 spiro atoms. The van der Waals surface area contributed by atoms with Crippen LogP contribution in [0.15, 0.2) is 17.2 Å². The standard InChI is InChI=1S/C14H21N3OS/c1-19-12-5-3-2-4-11(12)16-13-14(18)17(9-8-15-13)10-6-7-10/h8-12H,2-7H2,1H3,(H,15,16). The zero-order valence-corrected chi connectivity index (χ0v) is 12.2. The van der Waals surface area contributed by atoms with Crippen LogP contribution in [0.1, 0.15) is 44.6 Å². The van der Waals surface area contributed by atoms with E-state index >= 15 is 0 Å². The van der Waals surface area contributed by atoms with Crippen molar-refractivity contribution < 1.29 is 0 Å². The summed E-state index contributed by atoms with van der Waals surface area (Å²) in [5, 5.41) is 4.01. The molecular formula is C14H21N3OS. The Morgan fingerprint density at radius 1 is 1.32 bits per heavy atom. The van der Waals surface area contributed by atoms with E-state index in [0.717, 1.165) is 19.3 Å². The molecule has 0 radical (unpaired) electrons. The van der Waals surface area contributed by atoms with Crippen LogP contribution >= 0.6 is 11.8 Å². The van der Waals surface area contributed by atoms with Crippen LogP contribution in [-0.2, 0) is 0 Å². The second-order valence-electron chi connectivity index (χ2n) is 5.53. The van der Waals surface area contributed by atoms with E-state index in [1.54, 1.807) is 6.20 Å². The lowest BCUT2D eigenvalue weighted by Crippen LogP contribution is -2.37. The van der Waals surface area contributed by atoms with Gasteiger partial charge in [0.05, 0.1) is 0 Å². The van der Waals surface area contributed by atoms with Gasteiger partial charge in [-0.25, -0.2) is 4.98 Å². The van der Waals surface area contributed by atoms with Crippen molar-refractivity contribution in [2.45, 2.75) is 55.9 Å². The lowest BCUT2D eigenvalue weighted by Gasteiger charge is -2.31. The van der Waals surface area contributed by atoms with E-state index in [9.17, 15) is 4.79 Å².